The Labute approximate surface area is 149 Å². The molecular weight excluding hydrogens is 338 g/mol. The van der Waals surface area contributed by atoms with Crippen molar-refractivity contribution in [1.29, 1.82) is 0 Å². The highest BCUT2D eigenvalue weighted by atomic mass is 32.2. The molecule has 25 heavy (non-hydrogen) atoms. The zero-order valence-electron chi connectivity index (χ0n) is 14.5. The van der Waals surface area contributed by atoms with Crippen molar-refractivity contribution in [1.82, 2.24) is 4.31 Å². The highest BCUT2D eigenvalue weighted by molar-refractivity contribution is 7.89. The van der Waals surface area contributed by atoms with Crippen molar-refractivity contribution in [2.75, 3.05) is 20.8 Å². The van der Waals surface area contributed by atoms with Crippen molar-refractivity contribution in [3.8, 4) is 23.8 Å². The van der Waals surface area contributed by atoms with Crippen LogP contribution in [0, 0.1) is 19.3 Å². The molecule has 2 rings (SSSR count). The first-order chi connectivity index (χ1) is 11.9. The Kier molecular flexibility index (Phi) is 6.07. The molecule has 0 spiro atoms. The van der Waals surface area contributed by atoms with Gasteiger partial charge in [0.25, 0.3) is 0 Å². The van der Waals surface area contributed by atoms with E-state index in [-0.39, 0.29) is 23.7 Å². The van der Waals surface area contributed by atoms with Gasteiger partial charge in [-0.25, -0.2) is 8.42 Å². The summed E-state index contributed by atoms with van der Waals surface area (Å²) >= 11 is 0. The van der Waals surface area contributed by atoms with Gasteiger partial charge in [0.2, 0.25) is 10.0 Å². The summed E-state index contributed by atoms with van der Waals surface area (Å²) in [4.78, 5) is 0.0247. The van der Waals surface area contributed by atoms with Crippen LogP contribution in [0.2, 0.25) is 0 Å². The third-order valence-corrected chi connectivity index (χ3v) is 5.55. The zero-order chi connectivity index (χ0) is 18.4. The van der Waals surface area contributed by atoms with Gasteiger partial charge >= 0.3 is 0 Å². The molecule has 0 aliphatic heterocycles. The second-order valence-electron chi connectivity index (χ2n) is 5.48. The highest BCUT2D eigenvalue weighted by Gasteiger charge is 2.28. The number of methoxy groups -OCH3 is 2. The molecule has 0 saturated carbocycles. The van der Waals surface area contributed by atoms with Crippen LogP contribution < -0.4 is 9.47 Å². The van der Waals surface area contributed by atoms with Crippen LogP contribution in [0.25, 0.3) is 0 Å². The summed E-state index contributed by atoms with van der Waals surface area (Å²) in [5.41, 5.74) is 1.95. The number of terminal acetylenes is 1. The lowest BCUT2D eigenvalue weighted by molar-refractivity contribution is 0.386. The molecule has 5 nitrogen and oxygen atoms in total. The maximum atomic E-state index is 13.1. The summed E-state index contributed by atoms with van der Waals surface area (Å²) < 4.78 is 37.9. The van der Waals surface area contributed by atoms with E-state index in [0.717, 1.165) is 11.1 Å². The summed E-state index contributed by atoms with van der Waals surface area (Å²) in [5.74, 6) is 3.08. The van der Waals surface area contributed by atoms with Crippen molar-refractivity contribution in [3.63, 3.8) is 0 Å². The van der Waals surface area contributed by atoms with Crippen LogP contribution in [-0.4, -0.2) is 33.5 Å². The van der Waals surface area contributed by atoms with Crippen molar-refractivity contribution in [3.05, 3.63) is 53.6 Å². The van der Waals surface area contributed by atoms with Gasteiger partial charge in [0, 0.05) is 12.6 Å². The lowest BCUT2D eigenvalue weighted by Gasteiger charge is -2.21. The molecule has 6 heteroatoms. The predicted octanol–water partition coefficient (Wildman–Crippen LogP) is 2.84. The Hall–Kier alpha value is -2.49. The van der Waals surface area contributed by atoms with Gasteiger partial charge in [0.05, 0.1) is 20.8 Å². The van der Waals surface area contributed by atoms with Gasteiger partial charge in [-0.3, -0.25) is 0 Å². The lowest BCUT2D eigenvalue weighted by atomic mass is 10.1. The van der Waals surface area contributed by atoms with E-state index in [1.165, 1.54) is 24.6 Å². The first-order valence-electron chi connectivity index (χ1n) is 7.63. The van der Waals surface area contributed by atoms with E-state index in [1.54, 1.807) is 12.1 Å². The summed E-state index contributed by atoms with van der Waals surface area (Å²) in [7, 11) is -0.962. The Morgan fingerprint density at radius 2 is 1.76 bits per heavy atom. The molecule has 0 saturated heterocycles. The molecule has 0 aromatic heterocycles. The molecule has 0 aliphatic rings. The first-order valence-corrected chi connectivity index (χ1v) is 9.07. The maximum absolute atomic E-state index is 13.1. The smallest absolute Gasteiger partial charge is 0.248 e. The maximum Gasteiger partial charge on any atom is 0.248 e. The fourth-order valence-electron chi connectivity index (χ4n) is 2.35. The lowest BCUT2D eigenvalue weighted by Crippen LogP contribution is -2.31. The number of aryl methyl sites for hydroxylation is 1. The van der Waals surface area contributed by atoms with Crippen molar-refractivity contribution >= 4 is 10.0 Å². The van der Waals surface area contributed by atoms with Crippen LogP contribution >= 0.6 is 0 Å². The number of rotatable bonds is 7. The minimum absolute atomic E-state index is 0.0247. The predicted molar refractivity (Wildman–Crippen MR) is 97.2 cm³/mol. The third kappa shape index (κ3) is 4.32. The Morgan fingerprint density at radius 1 is 1.08 bits per heavy atom. The van der Waals surface area contributed by atoms with E-state index < -0.39 is 10.0 Å². The molecule has 2 aromatic rings. The van der Waals surface area contributed by atoms with Gasteiger partial charge in [-0.2, -0.15) is 4.31 Å². The van der Waals surface area contributed by atoms with Crippen LogP contribution in [0.3, 0.4) is 0 Å². The second kappa shape index (κ2) is 8.06. The fraction of sp³-hybridized carbons (Fsp3) is 0.263. The molecule has 0 bridgehead atoms. The topological polar surface area (TPSA) is 55.8 Å². The van der Waals surface area contributed by atoms with E-state index in [1.807, 2.05) is 31.2 Å². The standard InChI is InChI=1S/C19H21NO4S/c1-5-12-20(14-16-8-6-15(2)7-9-16)25(21,22)19-13-17(23-3)10-11-18(19)24-4/h1,6-11,13H,12,14H2,2-4H3. The van der Waals surface area contributed by atoms with E-state index in [0.29, 0.717) is 5.75 Å². The number of sulfonamides is 1. The number of nitrogens with zero attached hydrogens (tertiary/aromatic N) is 1. The molecule has 0 radical (unpaired) electrons. The van der Waals surface area contributed by atoms with Crippen molar-refractivity contribution in [2.45, 2.75) is 18.4 Å². The molecule has 0 amide bonds. The molecule has 0 aliphatic carbocycles. The normalized spacial score (nSPS) is 11.2. The summed E-state index contributed by atoms with van der Waals surface area (Å²) in [6.45, 7) is 2.10. The Bertz CT molecular complexity index is 867. The number of benzene rings is 2. The highest BCUT2D eigenvalue weighted by Crippen LogP contribution is 2.31. The van der Waals surface area contributed by atoms with E-state index in [4.69, 9.17) is 15.9 Å². The third-order valence-electron chi connectivity index (χ3n) is 3.74. The van der Waals surface area contributed by atoms with Gasteiger partial charge in [0.15, 0.2) is 0 Å². The average molecular weight is 359 g/mol. The minimum Gasteiger partial charge on any atom is -0.497 e. The molecule has 132 valence electrons. The monoisotopic (exact) mass is 359 g/mol. The number of hydrogen-bond acceptors (Lipinski definition) is 4. The SMILES string of the molecule is C#CCN(Cc1ccc(C)cc1)S(=O)(=O)c1cc(OC)ccc1OC. The number of ether oxygens (including phenoxy) is 2. The van der Waals surface area contributed by atoms with Crippen LogP contribution in [0.4, 0.5) is 0 Å². The quantitative estimate of drug-likeness (QED) is 0.714. The average Bonchev–Trinajstić information content (AvgIpc) is 2.62. The van der Waals surface area contributed by atoms with Gasteiger partial charge in [-0.05, 0) is 24.6 Å². The van der Waals surface area contributed by atoms with Gasteiger partial charge in [-0.15, -0.1) is 6.42 Å². The van der Waals surface area contributed by atoms with E-state index >= 15 is 0 Å². The van der Waals surface area contributed by atoms with Gasteiger partial charge in [-0.1, -0.05) is 35.7 Å². The van der Waals surface area contributed by atoms with Crippen molar-refractivity contribution in [2.24, 2.45) is 0 Å². The second-order valence-corrected chi connectivity index (χ2v) is 7.39. The zero-order valence-corrected chi connectivity index (χ0v) is 15.3. The fourth-order valence-corrected chi connectivity index (χ4v) is 3.86. The molecule has 0 atom stereocenters. The molecule has 0 N–H and O–H groups in total. The molecule has 0 unspecified atom stereocenters. The van der Waals surface area contributed by atoms with Crippen LogP contribution in [-0.2, 0) is 16.6 Å². The Morgan fingerprint density at radius 3 is 2.32 bits per heavy atom. The minimum atomic E-state index is -3.86. The molecular formula is C19H21NO4S. The molecule has 0 heterocycles. The Balaban J connectivity index is 2.45. The summed E-state index contributed by atoms with van der Waals surface area (Å²) in [5, 5.41) is 0. The van der Waals surface area contributed by atoms with Gasteiger partial charge in [0.1, 0.15) is 16.4 Å². The van der Waals surface area contributed by atoms with Crippen LogP contribution in [0.1, 0.15) is 11.1 Å². The van der Waals surface area contributed by atoms with E-state index in [2.05, 4.69) is 5.92 Å². The molecule has 2 aromatic carbocycles. The van der Waals surface area contributed by atoms with Crippen LogP contribution in [0.15, 0.2) is 47.4 Å². The van der Waals surface area contributed by atoms with Crippen molar-refractivity contribution < 1.29 is 17.9 Å². The van der Waals surface area contributed by atoms with Crippen LogP contribution in [0.5, 0.6) is 11.5 Å². The number of hydrogen-bond donors (Lipinski definition) is 0. The largest absolute Gasteiger partial charge is 0.497 e. The molecule has 0 fully saturated rings. The first kappa shape index (κ1) is 18.8. The summed E-state index contributed by atoms with van der Waals surface area (Å²) in [6, 6.07) is 12.3. The van der Waals surface area contributed by atoms with E-state index in [9.17, 15) is 8.42 Å². The van der Waals surface area contributed by atoms with Gasteiger partial charge < -0.3 is 9.47 Å². The summed E-state index contributed by atoms with van der Waals surface area (Å²) in [6.07, 6.45) is 5.40.